The van der Waals surface area contributed by atoms with E-state index in [1.807, 2.05) is 38.1 Å². The standard InChI is InChI=1S/C12H17NO2/c1-9-5-4-6-10(7-9)12(2,13)8-11(14)15-3/h4-7H,8,13H2,1-3H3. The lowest BCUT2D eigenvalue weighted by atomic mass is 9.89. The quantitative estimate of drug-likeness (QED) is 0.768. The van der Waals surface area contributed by atoms with E-state index >= 15 is 0 Å². The minimum Gasteiger partial charge on any atom is -0.469 e. The predicted molar refractivity (Wildman–Crippen MR) is 59.4 cm³/mol. The minimum absolute atomic E-state index is 0.187. The van der Waals surface area contributed by atoms with Gasteiger partial charge >= 0.3 is 5.97 Å². The summed E-state index contributed by atoms with van der Waals surface area (Å²) in [5, 5.41) is 0. The molecule has 1 rings (SSSR count). The second-order valence-corrected chi connectivity index (χ2v) is 4.04. The maximum atomic E-state index is 11.2. The predicted octanol–water partition coefficient (Wildman–Crippen LogP) is 1.73. The van der Waals surface area contributed by atoms with E-state index in [4.69, 9.17) is 5.73 Å². The Bertz CT molecular complexity index is 358. The highest BCUT2D eigenvalue weighted by Crippen LogP contribution is 2.22. The summed E-state index contributed by atoms with van der Waals surface area (Å²) in [5.41, 5.74) is 7.50. The van der Waals surface area contributed by atoms with E-state index in [0.29, 0.717) is 0 Å². The molecule has 0 spiro atoms. The Kier molecular flexibility index (Phi) is 3.48. The summed E-state index contributed by atoms with van der Waals surface area (Å²) in [6.45, 7) is 3.83. The summed E-state index contributed by atoms with van der Waals surface area (Å²) in [4.78, 5) is 11.2. The average Bonchev–Trinajstić information content (AvgIpc) is 2.17. The Morgan fingerprint density at radius 2 is 2.20 bits per heavy atom. The van der Waals surface area contributed by atoms with Gasteiger partial charge in [0.05, 0.1) is 13.5 Å². The van der Waals surface area contributed by atoms with Crippen molar-refractivity contribution in [1.82, 2.24) is 0 Å². The average molecular weight is 207 g/mol. The number of carbonyl (C=O) groups is 1. The van der Waals surface area contributed by atoms with Crippen molar-refractivity contribution in [3.05, 3.63) is 35.4 Å². The molecule has 0 saturated heterocycles. The zero-order valence-electron chi connectivity index (χ0n) is 9.41. The Hall–Kier alpha value is -1.35. The van der Waals surface area contributed by atoms with E-state index in [1.165, 1.54) is 7.11 Å². The smallest absolute Gasteiger partial charge is 0.307 e. The number of rotatable bonds is 3. The Labute approximate surface area is 90.2 Å². The molecule has 1 atom stereocenters. The fraction of sp³-hybridized carbons (Fsp3) is 0.417. The summed E-state index contributed by atoms with van der Waals surface area (Å²) in [6, 6.07) is 7.85. The normalized spacial score (nSPS) is 14.4. The van der Waals surface area contributed by atoms with Crippen LogP contribution in [-0.4, -0.2) is 13.1 Å². The summed E-state index contributed by atoms with van der Waals surface area (Å²) in [7, 11) is 1.37. The lowest BCUT2D eigenvalue weighted by Gasteiger charge is -2.24. The third-order valence-electron chi connectivity index (χ3n) is 2.42. The maximum Gasteiger partial charge on any atom is 0.307 e. The fourth-order valence-corrected chi connectivity index (χ4v) is 1.47. The van der Waals surface area contributed by atoms with Crippen LogP contribution in [0.1, 0.15) is 24.5 Å². The third-order valence-corrected chi connectivity index (χ3v) is 2.42. The summed E-state index contributed by atoms with van der Waals surface area (Å²) >= 11 is 0. The van der Waals surface area contributed by atoms with Crippen LogP contribution in [-0.2, 0) is 15.1 Å². The fourth-order valence-electron chi connectivity index (χ4n) is 1.47. The van der Waals surface area contributed by atoms with Crippen LogP contribution in [0.4, 0.5) is 0 Å². The number of benzene rings is 1. The maximum absolute atomic E-state index is 11.2. The van der Waals surface area contributed by atoms with Gasteiger partial charge in [-0.25, -0.2) is 0 Å². The first kappa shape index (κ1) is 11.7. The first-order chi connectivity index (χ1) is 6.95. The van der Waals surface area contributed by atoms with Crippen molar-refractivity contribution >= 4 is 5.97 Å². The van der Waals surface area contributed by atoms with Gasteiger partial charge in [-0.05, 0) is 19.4 Å². The summed E-state index contributed by atoms with van der Waals surface area (Å²) in [6.07, 6.45) is 0.187. The molecule has 2 N–H and O–H groups in total. The molecular formula is C12H17NO2. The molecule has 0 amide bonds. The van der Waals surface area contributed by atoms with Gasteiger partial charge < -0.3 is 10.5 Å². The number of methoxy groups -OCH3 is 1. The molecule has 0 aromatic heterocycles. The Morgan fingerprint density at radius 3 is 2.73 bits per heavy atom. The van der Waals surface area contributed by atoms with E-state index < -0.39 is 5.54 Å². The number of esters is 1. The molecule has 1 aromatic rings. The first-order valence-corrected chi connectivity index (χ1v) is 4.88. The van der Waals surface area contributed by atoms with Gasteiger partial charge in [-0.2, -0.15) is 0 Å². The zero-order valence-corrected chi connectivity index (χ0v) is 9.41. The number of ether oxygens (including phenoxy) is 1. The number of hydrogen-bond donors (Lipinski definition) is 1. The molecule has 0 aliphatic carbocycles. The van der Waals surface area contributed by atoms with E-state index in [0.717, 1.165) is 11.1 Å². The van der Waals surface area contributed by atoms with Gasteiger partial charge in [-0.1, -0.05) is 29.8 Å². The third kappa shape index (κ3) is 3.06. The van der Waals surface area contributed by atoms with Gasteiger partial charge in [0.1, 0.15) is 0 Å². The lowest BCUT2D eigenvalue weighted by molar-refractivity contribution is -0.141. The molecule has 0 bridgehead atoms. The van der Waals surface area contributed by atoms with Gasteiger partial charge in [0.25, 0.3) is 0 Å². The molecule has 82 valence electrons. The van der Waals surface area contributed by atoms with Crippen LogP contribution in [0.15, 0.2) is 24.3 Å². The molecule has 0 fully saturated rings. The highest BCUT2D eigenvalue weighted by atomic mass is 16.5. The number of aryl methyl sites for hydroxylation is 1. The van der Waals surface area contributed by atoms with E-state index in [1.54, 1.807) is 0 Å². The zero-order chi connectivity index (χ0) is 11.5. The largest absolute Gasteiger partial charge is 0.469 e. The van der Waals surface area contributed by atoms with Crippen molar-refractivity contribution in [2.24, 2.45) is 5.73 Å². The molecule has 1 unspecified atom stereocenters. The topological polar surface area (TPSA) is 52.3 Å². The molecule has 0 heterocycles. The van der Waals surface area contributed by atoms with Crippen molar-refractivity contribution in [2.75, 3.05) is 7.11 Å². The van der Waals surface area contributed by atoms with Crippen LogP contribution >= 0.6 is 0 Å². The van der Waals surface area contributed by atoms with Gasteiger partial charge in [0, 0.05) is 5.54 Å². The van der Waals surface area contributed by atoms with E-state index in [-0.39, 0.29) is 12.4 Å². The van der Waals surface area contributed by atoms with Crippen molar-refractivity contribution < 1.29 is 9.53 Å². The van der Waals surface area contributed by atoms with Crippen molar-refractivity contribution in [3.63, 3.8) is 0 Å². The second kappa shape index (κ2) is 4.45. The Morgan fingerprint density at radius 1 is 1.53 bits per heavy atom. The Balaban J connectivity index is 2.90. The molecule has 0 radical (unpaired) electrons. The molecule has 3 nitrogen and oxygen atoms in total. The van der Waals surface area contributed by atoms with Gasteiger partial charge in [-0.15, -0.1) is 0 Å². The summed E-state index contributed by atoms with van der Waals surface area (Å²) in [5.74, 6) is -0.290. The second-order valence-electron chi connectivity index (χ2n) is 4.04. The summed E-state index contributed by atoms with van der Waals surface area (Å²) < 4.78 is 4.62. The van der Waals surface area contributed by atoms with Crippen LogP contribution < -0.4 is 5.73 Å². The number of carbonyl (C=O) groups excluding carboxylic acids is 1. The number of hydrogen-bond acceptors (Lipinski definition) is 3. The highest BCUT2D eigenvalue weighted by Gasteiger charge is 2.25. The molecule has 15 heavy (non-hydrogen) atoms. The molecular weight excluding hydrogens is 190 g/mol. The molecule has 0 aliphatic rings. The molecule has 1 aromatic carbocycles. The van der Waals surface area contributed by atoms with Gasteiger partial charge in [0.2, 0.25) is 0 Å². The monoisotopic (exact) mass is 207 g/mol. The molecule has 0 saturated carbocycles. The van der Waals surface area contributed by atoms with E-state index in [2.05, 4.69) is 4.74 Å². The van der Waals surface area contributed by atoms with E-state index in [9.17, 15) is 4.79 Å². The van der Waals surface area contributed by atoms with Gasteiger partial charge in [0.15, 0.2) is 0 Å². The SMILES string of the molecule is COC(=O)CC(C)(N)c1cccc(C)c1. The van der Waals surface area contributed by atoms with Crippen LogP contribution in [0.5, 0.6) is 0 Å². The van der Waals surface area contributed by atoms with Crippen molar-refractivity contribution in [1.29, 1.82) is 0 Å². The highest BCUT2D eigenvalue weighted by molar-refractivity contribution is 5.71. The lowest BCUT2D eigenvalue weighted by Crippen LogP contribution is -2.36. The van der Waals surface area contributed by atoms with Crippen molar-refractivity contribution in [2.45, 2.75) is 25.8 Å². The molecule has 3 heteroatoms. The van der Waals surface area contributed by atoms with Gasteiger partial charge in [-0.3, -0.25) is 4.79 Å². The van der Waals surface area contributed by atoms with Crippen LogP contribution in [0.3, 0.4) is 0 Å². The van der Waals surface area contributed by atoms with Crippen LogP contribution in [0.25, 0.3) is 0 Å². The first-order valence-electron chi connectivity index (χ1n) is 4.88. The number of nitrogens with two attached hydrogens (primary N) is 1. The molecule has 0 aliphatic heterocycles. The van der Waals surface area contributed by atoms with Crippen LogP contribution in [0, 0.1) is 6.92 Å². The van der Waals surface area contributed by atoms with Crippen molar-refractivity contribution in [3.8, 4) is 0 Å². The minimum atomic E-state index is -0.668. The van der Waals surface area contributed by atoms with Crippen LogP contribution in [0.2, 0.25) is 0 Å².